The van der Waals surface area contributed by atoms with Gasteiger partial charge in [0.2, 0.25) is 5.13 Å². The molecule has 1 aromatic carbocycles. The van der Waals surface area contributed by atoms with Gasteiger partial charge in [-0.25, -0.2) is 18.6 Å². The summed E-state index contributed by atoms with van der Waals surface area (Å²) in [4.78, 5) is 18.1. The highest BCUT2D eigenvalue weighted by atomic mass is 35.5. The minimum absolute atomic E-state index is 0.0257. The Bertz CT molecular complexity index is 832. The predicted molar refractivity (Wildman–Crippen MR) is 98.4 cm³/mol. The zero-order valence-electron chi connectivity index (χ0n) is 14.1. The molecular formula is C17H17ClF2N4OS. The Morgan fingerprint density at radius 3 is 2.69 bits per heavy atom. The number of hydrogen-bond donors (Lipinski definition) is 1. The lowest BCUT2D eigenvalue weighted by atomic mass is 10.0. The molecule has 1 aromatic heterocycles. The third kappa shape index (κ3) is 4.56. The Morgan fingerprint density at radius 2 is 2.04 bits per heavy atom. The van der Waals surface area contributed by atoms with E-state index in [9.17, 15) is 13.6 Å². The van der Waals surface area contributed by atoms with Gasteiger partial charge in [-0.15, -0.1) is 0 Å². The number of aromatic nitrogens is 2. The highest BCUT2D eigenvalue weighted by Gasteiger charge is 2.19. The smallest absolute Gasteiger partial charge is 0.323 e. The van der Waals surface area contributed by atoms with Gasteiger partial charge in [0.05, 0.1) is 0 Å². The molecule has 2 amide bonds. The molecule has 0 aliphatic carbocycles. The molecule has 3 rings (SSSR count). The van der Waals surface area contributed by atoms with Crippen molar-refractivity contribution in [3.05, 3.63) is 45.8 Å². The van der Waals surface area contributed by atoms with Crippen LogP contribution in [0, 0.1) is 18.6 Å². The van der Waals surface area contributed by atoms with Crippen LogP contribution in [-0.4, -0.2) is 33.4 Å². The maximum Gasteiger partial charge on any atom is 0.323 e. The van der Waals surface area contributed by atoms with Crippen molar-refractivity contribution in [3.8, 4) is 0 Å². The van der Waals surface area contributed by atoms with Crippen LogP contribution in [0.25, 0.3) is 6.08 Å². The maximum atomic E-state index is 14.0. The fourth-order valence-corrected chi connectivity index (χ4v) is 3.53. The average molecular weight is 399 g/mol. The van der Waals surface area contributed by atoms with E-state index in [1.165, 1.54) is 6.08 Å². The molecular weight excluding hydrogens is 382 g/mol. The van der Waals surface area contributed by atoms with Crippen molar-refractivity contribution < 1.29 is 13.6 Å². The Balaban J connectivity index is 1.67. The number of likely N-dealkylation sites (tertiary alicyclic amines) is 1. The lowest BCUT2D eigenvalue weighted by Gasteiger charge is -2.19. The largest absolute Gasteiger partial charge is 0.324 e. The summed E-state index contributed by atoms with van der Waals surface area (Å²) in [6.45, 7) is 2.78. The molecule has 5 nitrogen and oxygen atoms in total. The molecule has 1 saturated heterocycles. The van der Waals surface area contributed by atoms with Gasteiger partial charge in [-0.2, -0.15) is 4.37 Å². The SMILES string of the molecule is Cc1nsc(NC(=O)N2CCC/C(=C/c3c(F)cc(Cl)cc3F)CC2)n1. The molecule has 1 N–H and O–H groups in total. The number of urea groups is 1. The van der Waals surface area contributed by atoms with Gasteiger partial charge in [-0.1, -0.05) is 17.2 Å². The van der Waals surface area contributed by atoms with Crippen LogP contribution in [0.1, 0.15) is 30.7 Å². The number of halogens is 3. The Kier molecular flexibility index (Phi) is 5.83. The molecule has 2 aromatic rings. The molecule has 1 aliphatic rings. The minimum atomic E-state index is -0.687. The number of carbonyl (C=O) groups is 1. The van der Waals surface area contributed by atoms with Gasteiger partial charge in [-0.3, -0.25) is 5.32 Å². The normalized spacial score (nSPS) is 16.6. The van der Waals surface area contributed by atoms with Crippen molar-refractivity contribution in [1.82, 2.24) is 14.3 Å². The van der Waals surface area contributed by atoms with Gasteiger partial charge in [0, 0.05) is 35.2 Å². The predicted octanol–water partition coefficient (Wildman–Crippen LogP) is 4.88. The number of rotatable bonds is 2. The van der Waals surface area contributed by atoms with Crippen molar-refractivity contribution in [2.24, 2.45) is 0 Å². The second-order valence-electron chi connectivity index (χ2n) is 6.00. The molecule has 9 heteroatoms. The van der Waals surface area contributed by atoms with Crippen LogP contribution in [0.4, 0.5) is 18.7 Å². The van der Waals surface area contributed by atoms with E-state index >= 15 is 0 Å². The fraction of sp³-hybridized carbons (Fsp3) is 0.353. The molecule has 26 heavy (non-hydrogen) atoms. The van der Waals surface area contributed by atoms with Crippen LogP contribution >= 0.6 is 23.1 Å². The highest BCUT2D eigenvalue weighted by Crippen LogP contribution is 2.25. The van der Waals surface area contributed by atoms with E-state index in [1.54, 1.807) is 11.8 Å². The first kappa shape index (κ1) is 18.7. The summed E-state index contributed by atoms with van der Waals surface area (Å²) in [5.41, 5.74) is 0.804. The Labute approximate surface area is 158 Å². The van der Waals surface area contributed by atoms with E-state index < -0.39 is 11.6 Å². The van der Waals surface area contributed by atoms with Crippen LogP contribution in [0.2, 0.25) is 5.02 Å². The molecule has 2 heterocycles. The minimum Gasteiger partial charge on any atom is -0.324 e. The van der Waals surface area contributed by atoms with Crippen molar-refractivity contribution in [2.45, 2.75) is 26.2 Å². The molecule has 0 spiro atoms. The second kappa shape index (κ2) is 8.09. The first-order valence-corrected chi connectivity index (χ1v) is 9.28. The van der Waals surface area contributed by atoms with Crippen molar-refractivity contribution in [2.75, 3.05) is 18.4 Å². The zero-order chi connectivity index (χ0) is 18.7. The monoisotopic (exact) mass is 398 g/mol. The maximum absolute atomic E-state index is 14.0. The summed E-state index contributed by atoms with van der Waals surface area (Å²) in [5.74, 6) is -0.764. The summed E-state index contributed by atoms with van der Waals surface area (Å²) < 4.78 is 31.9. The highest BCUT2D eigenvalue weighted by molar-refractivity contribution is 7.09. The summed E-state index contributed by atoms with van der Waals surface area (Å²) in [5, 5.41) is 3.21. The zero-order valence-corrected chi connectivity index (χ0v) is 15.6. The topological polar surface area (TPSA) is 58.1 Å². The number of aryl methyl sites for hydroxylation is 1. The van der Waals surface area contributed by atoms with Crippen LogP contribution in [0.15, 0.2) is 17.7 Å². The number of nitrogens with zero attached hydrogens (tertiary/aromatic N) is 3. The van der Waals surface area contributed by atoms with Crippen LogP contribution in [0.3, 0.4) is 0 Å². The lowest BCUT2D eigenvalue weighted by molar-refractivity contribution is 0.214. The van der Waals surface area contributed by atoms with Crippen LogP contribution in [0.5, 0.6) is 0 Å². The Morgan fingerprint density at radius 1 is 1.31 bits per heavy atom. The molecule has 1 aliphatic heterocycles. The lowest BCUT2D eigenvalue weighted by Crippen LogP contribution is -2.35. The molecule has 0 saturated carbocycles. The van der Waals surface area contributed by atoms with Gasteiger partial charge in [0.25, 0.3) is 0 Å². The molecule has 138 valence electrons. The summed E-state index contributed by atoms with van der Waals surface area (Å²) in [6, 6.07) is 1.95. The number of nitrogens with one attached hydrogen (secondary N) is 1. The quantitative estimate of drug-likeness (QED) is 0.784. The first-order chi connectivity index (χ1) is 12.4. The van der Waals surface area contributed by atoms with E-state index in [4.69, 9.17) is 11.6 Å². The van der Waals surface area contributed by atoms with Crippen LogP contribution < -0.4 is 5.32 Å². The standard InChI is InChI=1S/C17H17ClF2N4OS/c1-10-21-16(26-23-10)22-17(25)24-5-2-3-11(4-6-24)7-13-14(19)8-12(18)9-15(13)20/h7-9H,2-6H2,1H3,(H,21,22,23,25)/b11-7-. The third-order valence-electron chi connectivity index (χ3n) is 4.05. The Hall–Kier alpha value is -2.06. The number of carbonyl (C=O) groups excluding carboxylic acids is 1. The van der Waals surface area contributed by atoms with Gasteiger partial charge < -0.3 is 4.90 Å². The van der Waals surface area contributed by atoms with E-state index in [0.29, 0.717) is 43.3 Å². The first-order valence-electron chi connectivity index (χ1n) is 8.12. The van der Waals surface area contributed by atoms with Gasteiger partial charge in [0.15, 0.2) is 0 Å². The summed E-state index contributed by atoms with van der Waals surface area (Å²) in [6.07, 6.45) is 3.45. The van der Waals surface area contributed by atoms with Crippen molar-refractivity contribution in [3.63, 3.8) is 0 Å². The number of hydrogen-bond acceptors (Lipinski definition) is 4. The van der Waals surface area contributed by atoms with E-state index in [1.807, 2.05) is 0 Å². The van der Waals surface area contributed by atoms with Gasteiger partial charge in [-0.05, 0) is 44.4 Å². The van der Waals surface area contributed by atoms with Gasteiger partial charge in [0.1, 0.15) is 17.5 Å². The molecule has 0 bridgehead atoms. The number of benzene rings is 1. The van der Waals surface area contributed by atoms with E-state index in [-0.39, 0.29) is 16.6 Å². The average Bonchev–Trinajstić information content (AvgIpc) is 2.83. The summed E-state index contributed by atoms with van der Waals surface area (Å²) >= 11 is 6.78. The molecule has 0 radical (unpaired) electrons. The third-order valence-corrected chi connectivity index (χ3v) is 4.99. The van der Waals surface area contributed by atoms with Crippen molar-refractivity contribution >= 4 is 40.4 Å². The fourth-order valence-electron chi connectivity index (χ4n) is 2.77. The van der Waals surface area contributed by atoms with Crippen LogP contribution in [-0.2, 0) is 0 Å². The van der Waals surface area contributed by atoms with Gasteiger partial charge >= 0.3 is 6.03 Å². The van der Waals surface area contributed by atoms with E-state index in [2.05, 4.69) is 14.7 Å². The summed E-state index contributed by atoms with van der Waals surface area (Å²) in [7, 11) is 0. The number of amides is 2. The number of anilines is 1. The molecule has 0 atom stereocenters. The van der Waals surface area contributed by atoms with Crippen molar-refractivity contribution in [1.29, 1.82) is 0 Å². The second-order valence-corrected chi connectivity index (χ2v) is 7.19. The molecule has 1 fully saturated rings. The van der Waals surface area contributed by atoms with E-state index in [0.717, 1.165) is 29.2 Å². The molecule has 0 unspecified atom stereocenters.